The van der Waals surface area contributed by atoms with Gasteiger partial charge in [-0.1, -0.05) is 0 Å². The summed E-state index contributed by atoms with van der Waals surface area (Å²) in [5.41, 5.74) is -0.599. The first-order valence-electron chi connectivity index (χ1n) is 8.13. The van der Waals surface area contributed by atoms with Gasteiger partial charge >= 0.3 is 0 Å². The molecule has 1 aliphatic heterocycles. The minimum atomic E-state index is -3.74. The molecule has 1 heterocycles. The van der Waals surface area contributed by atoms with Gasteiger partial charge in [-0.25, -0.2) is 21.6 Å². The zero-order chi connectivity index (χ0) is 19.6. The number of rotatable bonds is 5. The number of ether oxygens (including phenoxy) is 1. The second kappa shape index (κ2) is 8.97. The van der Waals surface area contributed by atoms with E-state index in [4.69, 9.17) is 4.74 Å². The largest absolute Gasteiger partial charge is 0.381 e. The van der Waals surface area contributed by atoms with Crippen LogP contribution in [0.4, 0.5) is 18.9 Å². The lowest BCUT2D eigenvalue weighted by molar-refractivity contribution is 0.102. The Morgan fingerprint density at radius 2 is 1.79 bits per heavy atom. The Labute approximate surface area is 167 Å². The fourth-order valence-electron chi connectivity index (χ4n) is 2.77. The number of carbonyl (C=O) groups is 1. The molecule has 0 aromatic heterocycles. The highest BCUT2D eigenvalue weighted by molar-refractivity contribution is 7.91. The van der Waals surface area contributed by atoms with Crippen LogP contribution in [-0.4, -0.2) is 33.3 Å². The maximum absolute atomic E-state index is 14.0. The first-order valence-corrected chi connectivity index (χ1v) is 9.78. The van der Waals surface area contributed by atoms with Crippen LogP contribution in [0.15, 0.2) is 41.3 Å². The monoisotopic (exact) mass is 433 g/mol. The molecule has 10 heteroatoms. The van der Waals surface area contributed by atoms with E-state index < -0.39 is 38.8 Å². The maximum Gasteiger partial charge on any atom is 0.258 e. The molecule has 2 aromatic rings. The fourth-order valence-corrected chi connectivity index (χ4v) is 4.41. The third-order valence-corrected chi connectivity index (χ3v) is 6.08. The summed E-state index contributed by atoms with van der Waals surface area (Å²) in [7, 11) is -3.74. The fraction of sp³-hybridized carbons (Fsp3) is 0.278. The highest BCUT2D eigenvalue weighted by Gasteiger charge is 2.26. The van der Waals surface area contributed by atoms with Gasteiger partial charge in [-0.3, -0.25) is 4.79 Å². The molecule has 1 amide bonds. The van der Waals surface area contributed by atoms with Crippen LogP contribution in [0.3, 0.4) is 0 Å². The molecule has 0 bridgehead atoms. The van der Waals surface area contributed by atoms with Crippen molar-refractivity contribution in [2.24, 2.45) is 5.92 Å². The Kier molecular flexibility index (Phi) is 7.13. The number of carbonyl (C=O) groups excluding carboxylic acids is 1. The highest BCUT2D eigenvalue weighted by atomic mass is 32.2. The zero-order valence-corrected chi connectivity index (χ0v) is 16.4. The van der Waals surface area contributed by atoms with Crippen LogP contribution in [0, 0.1) is 23.4 Å². The summed E-state index contributed by atoms with van der Waals surface area (Å²) in [6.45, 7) is 0.829. The van der Waals surface area contributed by atoms with Crippen molar-refractivity contribution in [3.63, 3.8) is 0 Å². The summed E-state index contributed by atoms with van der Waals surface area (Å²) < 4.78 is 70.4. The topological polar surface area (TPSA) is 72.5 Å². The molecule has 1 aliphatic rings. The summed E-state index contributed by atoms with van der Waals surface area (Å²) in [4.78, 5) is 12.1. The molecule has 1 fully saturated rings. The third-order valence-electron chi connectivity index (χ3n) is 4.20. The molecule has 5 nitrogen and oxygen atoms in total. The number of anilines is 1. The van der Waals surface area contributed by atoms with Crippen molar-refractivity contribution in [2.75, 3.05) is 24.3 Å². The van der Waals surface area contributed by atoms with Crippen molar-refractivity contribution in [3.05, 3.63) is 59.4 Å². The number of hydrogen-bond acceptors (Lipinski definition) is 4. The lowest BCUT2D eigenvalue weighted by atomic mass is 10.2. The average Bonchev–Trinajstić information content (AvgIpc) is 3.10. The normalized spacial score (nSPS) is 16.5. The van der Waals surface area contributed by atoms with E-state index in [9.17, 15) is 26.4 Å². The summed E-state index contributed by atoms with van der Waals surface area (Å²) in [5.74, 6) is -4.49. The van der Waals surface area contributed by atoms with Gasteiger partial charge in [0.15, 0.2) is 21.5 Å². The van der Waals surface area contributed by atoms with E-state index in [0.717, 1.165) is 36.4 Å². The Morgan fingerprint density at radius 3 is 2.43 bits per heavy atom. The molecule has 0 saturated carbocycles. The lowest BCUT2D eigenvalue weighted by Crippen LogP contribution is -2.18. The van der Waals surface area contributed by atoms with E-state index in [1.165, 1.54) is 0 Å². The van der Waals surface area contributed by atoms with Crippen molar-refractivity contribution >= 4 is 34.9 Å². The molecule has 1 N–H and O–H groups in total. The van der Waals surface area contributed by atoms with E-state index in [1.807, 2.05) is 0 Å². The third kappa shape index (κ3) is 5.06. The first kappa shape index (κ1) is 22.3. The van der Waals surface area contributed by atoms with Gasteiger partial charge in [-0.2, -0.15) is 13.5 Å². The van der Waals surface area contributed by atoms with Gasteiger partial charge < -0.3 is 10.1 Å². The van der Waals surface area contributed by atoms with Crippen LogP contribution in [0.5, 0.6) is 0 Å². The van der Waals surface area contributed by atoms with Crippen molar-refractivity contribution in [1.29, 1.82) is 0 Å². The van der Waals surface area contributed by atoms with Crippen molar-refractivity contribution < 1.29 is 31.1 Å². The Hall–Kier alpha value is -2.04. The summed E-state index contributed by atoms with van der Waals surface area (Å²) in [6, 6.07) is 5.58. The van der Waals surface area contributed by atoms with Crippen molar-refractivity contribution in [3.8, 4) is 0 Å². The van der Waals surface area contributed by atoms with Crippen LogP contribution < -0.4 is 5.32 Å². The van der Waals surface area contributed by atoms with E-state index in [1.54, 1.807) is 0 Å². The second-order valence-electron chi connectivity index (χ2n) is 6.24. The molecular weight excluding hydrogens is 415 g/mol. The minimum Gasteiger partial charge on any atom is -0.381 e. The van der Waals surface area contributed by atoms with Gasteiger partial charge in [0.25, 0.3) is 5.91 Å². The number of amides is 1. The van der Waals surface area contributed by atoms with E-state index >= 15 is 0 Å². The van der Waals surface area contributed by atoms with Crippen LogP contribution in [0.25, 0.3) is 0 Å². The standard InChI is InChI=1S/C18H16F3NO4S.H2S/c19-15-4-2-13(27(24,25)10-11-5-6-26-9-11)8-14(15)18(23)22-12-1-3-16(20)17(21)7-12;/h1-4,7-8,11H,5-6,9-10H2,(H,22,23);1H2/t11-;/m0./s1. The molecule has 152 valence electrons. The van der Waals surface area contributed by atoms with Gasteiger partial charge in [0.2, 0.25) is 0 Å². The molecule has 3 rings (SSSR count). The average molecular weight is 433 g/mol. The van der Waals surface area contributed by atoms with Gasteiger partial charge in [0.05, 0.1) is 22.8 Å². The lowest BCUT2D eigenvalue weighted by Gasteiger charge is -2.11. The summed E-state index contributed by atoms with van der Waals surface area (Å²) in [5, 5.41) is 2.22. The number of benzene rings is 2. The highest BCUT2D eigenvalue weighted by Crippen LogP contribution is 2.23. The van der Waals surface area contributed by atoms with E-state index in [2.05, 4.69) is 5.32 Å². The van der Waals surface area contributed by atoms with Crippen LogP contribution >= 0.6 is 13.5 Å². The number of nitrogens with one attached hydrogen (secondary N) is 1. The number of hydrogen-bond donors (Lipinski definition) is 1. The quantitative estimate of drug-likeness (QED) is 0.735. The molecule has 0 spiro atoms. The molecule has 1 saturated heterocycles. The molecule has 28 heavy (non-hydrogen) atoms. The Bertz CT molecular complexity index is 977. The Balaban J connectivity index is 0.00000280. The second-order valence-corrected chi connectivity index (χ2v) is 8.27. The summed E-state index contributed by atoms with van der Waals surface area (Å²) in [6.07, 6.45) is 0.615. The van der Waals surface area contributed by atoms with Crippen molar-refractivity contribution in [2.45, 2.75) is 11.3 Å². The summed E-state index contributed by atoms with van der Waals surface area (Å²) >= 11 is 0. The van der Waals surface area contributed by atoms with Gasteiger partial charge in [0, 0.05) is 18.4 Å². The van der Waals surface area contributed by atoms with Gasteiger partial charge in [0.1, 0.15) is 5.82 Å². The zero-order valence-electron chi connectivity index (χ0n) is 14.5. The number of halogens is 3. The van der Waals surface area contributed by atoms with E-state index in [-0.39, 0.29) is 35.7 Å². The van der Waals surface area contributed by atoms with Crippen molar-refractivity contribution in [1.82, 2.24) is 0 Å². The smallest absolute Gasteiger partial charge is 0.258 e. The van der Waals surface area contributed by atoms with Crippen LogP contribution in [-0.2, 0) is 14.6 Å². The molecule has 2 aromatic carbocycles. The molecule has 0 radical (unpaired) electrons. The minimum absolute atomic E-state index is 0. The molecule has 0 unspecified atom stereocenters. The molecular formula is C18H18F3NO4S2. The molecule has 0 aliphatic carbocycles. The predicted octanol–water partition coefficient (Wildman–Crippen LogP) is 3.28. The molecule has 1 atom stereocenters. The maximum atomic E-state index is 14.0. The number of sulfone groups is 1. The predicted molar refractivity (Wildman–Crippen MR) is 102 cm³/mol. The Morgan fingerprint density at radius 1 is 1.07 bits per heavy atom. The van der Waals surface area contributed by atoms with Crippen LogP contribution in [0.1, 0.15) is 16.8 Å². The van der Waals surface area contributed by atoms with Gasteiger partial charge in [-0.05, 0) is 42.7 Å². The first-order chi connectivity index (χ1) is 12.8. The van der Waals surface area contributed by atoms with E-state index in [0.29, 0.717) is 19.6 Å². The SMILES string of the molecule is O=C(Nc1ccc(F)c(F)c1)c1cc(S(=O)(=O)C[C@H]2CCOC2)ccc1F.S. The van der Waals surface area contributed by atoms with Gasteiger partial charge in [-0.15, -0.1) is 0 Å². The van der Waals surface area contributed by atoms with Crippen LogP contribution in [0.2, 0.25) is 0 Å².